The van der Waals surface area contributed by atoms with Crippen LogP contribution in [0.5, 0.6) is 11.5 Å². The van der Waals surface area contributed by atoms with Gasteiger partial charge >= 0.3 is 12.2 Å². The van der Waals surface area contributed by atoms with Crippen LogP contribution in [-0.2, 0) is 16.0 Å². The van der Waals surface area contributed by atoms with Crippen molar-refractivity contribution < 1.29 is 33.0 Å². The minimum atomic E-state index is -0.580. The Morgan fingerprint density at radius 3 is 2.14 bits per heavy atom. The van der Waals surface area contributed by atoms with E-state index in [1.54, 1.807) is 40.0 Å². The van der Waals surface area contributed by atoms with Crippen LogP contribution in [0.4, 0.5) is 9.59 Å². The lowest BCUT2D eigenvalue weighted by molar-refractivity contribution is 0.0520. The molecule has 0 saturated heterocycles. The topological polar surface area (TPSA) is 121 Å². The number of nitrogens with one attached hydrogen (secondary N) is 2. The molecule has 0 bridgehead atoms. The summed E-state index contributed by atoms with van der Waals surface area (Å²) < 4.78 is 26.8. The predicted octanol–water partition coefficient (Wildman–Crippen LogP) is 4.78. The fourth-order valence-electron chi connectivity index (χ4n) is 3.14. The summed E-state index contributed by atoms with van der Waals surface area (Å²) in [6.45, 7) is 6.06. The number of benzene rings is 2. The van der Waals surface area contributed by atoms with Crippen molar-refractivity contribution in [3.63, 3.8) is 0 Å². The van der Waals surface area contributed by atoms with Gasteiger partial charge in [-0.1, -0.05) is 0 Å². The number of carbonyl (C=O) groups is 2. The predicted molar refractivity (Wildman–Crippen MR) is 133 cm³/mol. The number of oxazole rings is 1. The van der Waals surface area contributed by atoms with E-state index < -0.39 is 17.8 Å². The van der Waals surface area contributed by atoms with Crippen molar-refractivity contribution in [2.45, 2.75) is 32.9 Å². The number of methoxy groups -OCH3 is 2. The molecular formula is C26H31N3O7. The first kappa shape index (κ1) is 26.4. The number of aromatic nitrogens is 1. The molecule has 1 aromatic heterocycles. The third kappa shape index (κ3) is 7.66. The van der Waals surface area contributed by atoms with Crippen LogP contribution in [0.2, 0.25) is 0 Å². The molecule has 1 heterocycles. The van der Waals surface area contributed by atoms with Gasteiger partial charge in [0.15, 0.2) is 5.76 Å². The Bertz CT molecular complexity index is 1150. The van der Waals surface area contributed by atoms with Crippen LogP contribution in [-0.4, -0.2) is 50.1 Å². The average Bonchev–Trinajstić information content (AvgIpc) is 3.29. The number of rotatable bonds is 9. The quantitative estimate of drug-likeness (QED) is 0.405. The summed E-state index contributed by atoms with van der Waals surface area (Å²) >= 11 is 0. The fourth-order valence-corrected chi connectivity index (χ4v) is 3.14. The van der Waals surface area contributed by atoms with Crippen LogP contribution in [0.3, 0.4) is 0 Å². The van der Waals surface area contributed by atoms with Crippen LogP contribution in [0.1, 0.15) is 26.7 Å². The summed E-state index contributed by atoms with van der Waals surface area (Å²) in [4.78, 5) is 27.8. The van der Waals surface area contributed by atoms with Crippen molar-refractivity contribution in [1.29, 1.82) is 0 Å². The second-order valence-electron chi connectivity index (χ2n) is 8.66. The molecule has 10 heteroatoms. The Morgan fingerprint density at radius 1 is 0.889 bits per heavy atom. The Morgan fingerprint density at radius 2 is 1.53 bits per heavy atom. The molecule has 0 aliphatic carbocycles. The van der Waals surface area contributed by atoms with E-state index in [0.717, 1.165) is 16.9 Å². The summed E-state index contributed by atoms with van der Waals surface area (Å²) in [5.74, 6) is 2.22. The molecule has 3 aromatic rings. The SMILES string of the molecule is COC(=O)NCc1nc(-c2ccc(OC)cc2)c(-c2ccc(OCCNC(=O)OC(C)(C)C)cc2)o1. The van der Waals surface area contributed by atoms with Crippen LogP contribution < -0.4 is 20.1 Å². The average molecular weight is 498 g/mol. The summed E-state index contributed by atoms with van der Waals surface area (Å²) in [6.07, 6.45) is -1.07. The van der Waals surface area contributed by atoms with Crippen molar-refractivity contribution >= 4 is 12.2 Å². The Kier molecular flexibility index (Phi) is 8.77. The molecule has 0 radical (unpaired) electrons. The van der Waals surface area contributed by atoms with Crippen molar-refractivity contribution in [2.75, 3.05) is 27.4 Å². The normalized spacial score (nSPS) is 10.9. The maximum absolute atomic E-state index is 11.7. The highest BCUT2D eigenvalue weighted by atomic mass is 16.6. The molecule has 2 aromatic carbocycles. The lowest BCUT2D eigenvalue weighted by atomic mass is 10.1. The Labute approximate surface area is 209 Å². The van der Waals surface area contributed by atoms with E-state index in [-0.39, 0.29) is 13.2 Å². The Hall–Kier alpha value is -4.21. The van der Waals surface area contributed by atoms with Gasteiger partial charge in [0.2, 0.25) is 5.89 Å². The second-order valence-corrected chi connectivity index (χ2v) is 8.66. The molecule has 0 saturated carbocycles. The van der Waals surface area contributed by atoms with Gasteiger partial charge in [0.1, 0.15) is 29.4 Å². The van der Waals surface area contributed by atoms with Gasteiger partial charge < -0.3 is 34.0 Å². The molecule has 3 rings (SSSR count). The van der Waals surface area contributed by atoms with E-state index in [0.29, 0.717) is 29.6 Å². The number of hydrogen-bond donors (Lipinski definition) is 2. The molecular weight excluding hydrogens is 466 g/mol. The minimum absolute atomic E-state index is 0.0711. The molecule has 192 valence electrons. The van der Waals surface area contributed by atoms with Gasteiger partial charge in [0.25, 0.3) is 0 Å². The molecule has 0 atom stereocenters. The number of carbonyl (C=O) groups excluding carboxylic acids is 2. The Balaban J connectivity index is 1.71. The van der Waals surface area contributed by atoms with E-state index in [1.165, 1.54) is 7.11 Å². The van der Waals surface area contributed by atoms with Crippen molar-refractivity contribution in [3.8, 4) is 34.1 Å². The number of nitrogens with zero attached hydrogens (tertiary/aromatic N) is 1. The molecule has 0 spiro atoms. The minimum Gasteiger partial charge on any atom is -0.497 e. The van der Waals surface area contributed by atoms with Gasteiger partial charge in [-0.3, -0.25) is 0 Å². The summed E-state index contributed by atoms with van der Waals surface area (Å²) in [5, 5.41) is 5.22. The van der Waals surface area contributed by atoms with E-state index in [2.05, 4.69) is 20.4 Å². The zero-order valence-electron chi connectivity index (χ0n) is 21.0. The van der Waals surface area contributed by atoms with Gasteiger partial charge in [0.05, 0.1) is 27.3 Å². The first-order valence-corrected chi connectivity index (χ1v) is 11.3. The number of ether oxygens (including phenoxy) is 4. The highest BCUT2D eigenvalue weighted by Gasteiger charge is 2.18. The van der Waals surface area contributed by atoms with E-state index in [4.69, 9.17) is 18.6 Å². The van der Waals surface area contributed by atoms with Gasteiger partial charge in [-0.25, -0.2) is 14.6 Å². The third-order valence-corrected chi connectivity index (χ3v) is 4.76. The first-order valence-electron chi connectivity index (χ1n) is 11.3. The molecule has 2 amide bonds. The molecule has 10 nitrogen and oxygen atoms in total. The lowest BCUT2D eigenvalue weighted by Gasteiger charge is -2.19. The molecule has 2 N–H and O–H groups in total. The van der Waals surface area contributed by atoms with Gasteiger partial charge in [-0.2, -0.15) is 0 Å². The number of amides is 2. The van der Waals surface area contributed by atoms with Crippen LogP contribution in [0, 0.1) is 0 Å². The zero-order chi connectivity index (χ0) is 26.1. The van der Waals surface area contributed by atoms with Crippen molar-refractivity contribution in [2.24, 2.45) is 0 Å². The summed E-state index contributed by atoms with van der Waals surface area (Å²) in [6, 6.07) is 14.7. The standard InChI is InChI=1S/C26H31N3O7/c1-26(2,3)36-25(31)27-14-15-34-20-12-8-18(9-13-20)23-22(17-6-10-19(32-4)11-7-17)29-21(35-23)16-28-24(30)33-5/h6-13H,14-16H2,1-5H3,(H,27,31)(H,28,30). The summed E-state index contributed by atoms with van der Waals surface area (Å²) in [7, 11) is 2.89. The number of hydrogen-bond acceptors (Lipinski definition) is 8. The molecule has 0 unspecified atom stereocenters. The highest BCUT2D eigenvalue weighted by Crippen LogP contribution is 2.34. The molecule has 0 aliphatic heterocycles. The number of alkyl carbamates (subject to hydrolysis) is 2. The first-order chi connectivity index (χ1) is 17.2. The van der Waals surface area contributed by atoms with Crippen molar-refractivity contribution in [3.05, 3.63) is 54.4 Å². The smallest absolute Gasteiger partial charge is 0.407 e. The maximum atomic E-state index is 11.7. The van der Waals surface area contributed by atoms with Gasteiger partial charge in [0, 0.05) is 11.1 Å². The van der Waals surface area contributed by atoms with Gasteiger partial charge in [-0.05, 0) is 69.3 Å². The molecule has 0 fully saturated rings. The summed E-state index contributed by atoms with van der Waals surface area (Å²) in [5.41, 5.74) is 1.67. The van der Waals surface area contributed by atoms with Crippen LogP contribution in [0.15, 0.2) is 52.9 Å². The van der Waals surface area contributed by atoms with E-state index >= 15 is 0 Å². The zero-order valence-corrected chi connectivity index (χ0v) is 21.0. The highest BCUT2D eigenvalue weighted by molar-refractivity contribution is 5.77. The fraction of sp³-hybridized carbons (Fsp3) is 0.346. The van der Waals surface area contributed by atoms with E-state index in [1.807, 2.05) is 36.4 Å². The molecule has 0 aliphatic rings. The van der Waals surface area contributed by atoms with E-state index in [9.17, 15) is 9.59 Å². The molecule has 36 heavy (non-hydrogen) atoms. The second kappa shape index (κ2) is 12.0. The maximum Gasteiger partial charge on any atom is 0.407 e. The third-order valence-electron chi connectivity index (χ3n) is 4.76. The van der Waals surface area contributed by atoms with Crippen LogP contribution in [0.25, 0.3) is 22.6 Å². The van der Waals surface area contributed by atoms with Crippen LogP contribution >= 0.6 is 0 Å². The largest absolute Gasteiger partial charge is 0.497 e. The van der Waals surface area contributed by atoms with Gasteiger partial charge in [-0.15, -0.1) is 0 Å². The lowest BCUT2D eigenvalue weighted by Crippen LogP contribution is -2.34. The monoisotopic (exact) mass is 497 g/mol. The van der Waals surface area contributed by atoms with Crippen molar-refractivity contribution in [1.82, 2.24) is 15.6 Å².